The maximum atomic E-state index is 12.6. The normalized spacial score (nSPS) is 12.1. The zero-order chi connectivity index (χ0) is 23.3. The van der Waals surface area contributed by atoms with Gasteiger partial charge in [-0.2, -0.15) is 0 Å². The van der Waals surface area contributed by atoms with Gasteiger partial charge in [-0.05, 0) is 67.1 Å². The molecule has 0 spiro atoms. The van der Waals surface area contributed by atoms with Crippen LogP contribution in [-0.2, 0) is 14.8 Å². The van der Waals surface area contributed by atoms with Crippen LogP contribution in [0.2, 0.25) is 15.1 Å². The van der Waals surface area contributed by atoms with Crippen LogP contribution in [-0.4, -0.2) is 20.4 Å². The summed E-state index contributed by atoms with van der Waals surface area (Å²) in [4.78, 5) is 12.6. The minimum Gasteiger partial charge on any atom is -0.481 e. The number of anilines is 2. The predicted molar refractivity (Wildman–Crippen MR) is 129 cm³/mol. The Hall–Kier alpha value is -2.45. The van der Waals surface area contributed by atoms with E-state index in [9.17, 15) is 13.2 Å². The molecule has 0 aliphatic rings. The van der Waals surface area contributed by atoms with E-state index in [4.69, 9.17) is 39.5 Å². The van der Waals surface area contributed by atoms with Crippen LogP contribution in [0, 0.1) is 0 Å². The second kappa shape index (κ2) is 10.4. The van der Waals surface area contributed by atoms with Crippen molar-refractivity contribution in [2.45, 2.75) is 24.3 Å². The second-order valence-electron chi connectivity index (χ2n) is 6.72. The number of rotatable bonds is 8. The first-order valence-corrected chi connectivity index (χ1v) is 12.1. The lowest BCUT2D eigenvalue weighted by atomic mass is 10.2. The number of hydrogen-bond acceptors (Lipinski definition) is 4. The average Bonchev–Trinajstić information content (AvgIpc) is 2.74. The third kappa shape index (κ3) is 6.29. The van der Waals surface area contributed by atoms with Crippen LogP contribution < -0.4 is 14.8 Å². The van der Waals surface area contributed by atoms with Gasteiger partial charge in [0.1, 0.15) is 5.75 Å². The van der Waals surface area contributed by atoms with Gasteiger partial charge in [0.2, 0.25) is 0 Å². The third-order valence-corrected chi connectivity index (χ3v) is 6.51. The first-order chi connectivity index (χ1) is 15.2. The van der Waals surface area contributed by atoms with Crippen molar-refractivity contribution < 1.29 is 17.9 Å². The lowest BCUT2D eigenvalue weighted by Crippen LogP contribution is -2.32. The molecule has 3 aromatic rings. The highest BCUT2D eigenvalue weighted by atomic mass is 35.5. The first-order valence-electron chi connectivity index (χ1n) is 9.49. The summed E-state index contributed by atoms with van der Waals surface area (Å²) in [6, 6.07) is 16.9. The fourth-order valence-electron chi connectivity index (χ4n) is 2.74. The molecule has 0 saturated carbocycles. The Balaban J connectivity index is 1.68. The van der Waals surface area contributed by atoms with E-state index in [1.165, 1.54) is 42.5 Å². The summed E-state index contributed by atoms with van der Waals surface area (Å²) in [5, 5.41) is 3.79. The van der Waals surface area contributed by atoms with Gasteiger partial charge in [0.25, 0.3) is 15.9 Å². The van der Waals surface area contributed by atoms with E-state index in [0.717, 1.165) is 0 Å². The fraction of sp³-hybridized carbons (Fsp3) is 0.136. The smallest absolute Gasteiger partial charge is 0.265 e. The van der Waals surface area contributed by atoms with Crippen LogP contribution in [0.15, 0.2) is 71.6 Å². The topological polar surface area (TPSA) is 84.5 Å². The Bertz CT molecular complexity index is 1220. The lowest BCUT2D eigenvalue weighted by molar-refractivity contribution is -0.122. The van der Waals surface area contributed by atoms with Gasteiger partial charge >= 0.3 is 0 Å². The van der Waals surface area contributed by atoms with E-state index in [-0.39, 0.29) is 21.5 Å². The molecule has 0 bridgehead atoms. The van der Waals surface area contributed by atoms with Gasteiger partial charge in [-0.3, -0.25) is 9.52 Å². The summed E-state index contributed by atoms with van der Waals surface area (Å²) in [6.07, 6.45) is -0.318. The fourth-order valence-corrected chi connectivity index (χ4v) is 4.51. The Morgan fingerprint density at radius 2 is 1.66 bits per heavy atom. The third-order valence-electron chi connectivity index (χ3n) is 4.35. The van der Waals surface area contributed by atoms with E-state index in [1.807, 2.05) is 6.92 Å². The highest BCUT2D eigenvalue weighted by Gasteiger charge is 2.20. The summed E-state index contributed by atoms with van der Waals surface area (Å²) in [5.41, 5.74) is 0.629. The molecule has 10 heteroatoms. The van der Waals surface area contributed by atoms with E-state index in [1.54, 1.807) is 24.3 Å². The summed E-state index contributed by atoms with van der Waals surface area (Å²) in [6.45, 7) is 1.82. The highest BCUT2D eigenvalue weighted by Crippen LogP contribution is 2.28. The Kier molecular flexibility index (Phi) is 7.90. The summed E-state index contributed by atoms with van der Waals surface area (Å²) >= 11 is 17.8. The van der Waals surface area contributed by atoms with Crippen LogP contribution >= 0.6 is 34.8 Å². The minimum atomic E-state index is -3.89. The van der Waals surface area contributed by atoms with E-state index in [0.29, 0.717) is 27.9 Å². The van der Waals surface area contributed by atoms with Crippen molar-refractivity contribution in [2.24, 2.45) is 0 Å². The molecule has 0 fully saturated rings. The molecule has 0 aromatic heterocycles. The number of hydrogen-bond donors (Lipinski definition) is 2. The van der Waals surface area contributed by atoms with Gasteiger partial charge in [-0.1, -0.05) is 47.8 Å². The molecule has 1 atom stereocenters. The average molecular weight is 514 g/mol. The standard InChI is InChI=1S/C22H19Cl3N2O4S/c1-2-21(31-17-5-3-4-14(23)12-17)22(28)26-16-7-9-18(10-8-16)32(29,30)27-20-11-6-15(24)13-19(20)25/h3-13,21,27H,2H2,1H3,(H,26,28)/t21-/m0/s1. The van der Waals surface area contributed by atoms with E-state index in [2.05, 4.69) is 10.0 Å². The lowest BCUT2D eigenvalue weighted by Gasteiger charge is -2.17. The minimum absolute atomic E-state index is 0.00346. The van der Waals surface area contributed by atoms with Gasteiger partial charge in [0.15, 0.2) is 6.10 Å². The molecule has 168 valence electrons. The summed E-state index contributed by atoms with van der Waals surface area (Å²) < 4.78 is 33.4. The number of halogens is 3. The molecule has 0 aliphatic heterocycles. The number of nitrogens with one attached hydrogen (secondary N) is 2. The number of carbonyl (C=O) groups is 1. The molecule has 0 aliphatic carbocycles. The maximum absolute atomic E-state index is 12.6. The molecule has 3 aromatic carbocycles. The number of ether oxygens (including phenoxy) is 1. The molecule has 0 saturated heterocycles. The van der Waals surface area contributed by atoms with E-state index >= 15 is 0 Å². The number of amides is 1. The van der Waals surface area contributed by atoms with Crippen molar-refractivity contribution in [3.05, 3.63) is 81.8 Å². The van der Waals surface area contributed by atoms with Crippen molar-refractivity contribution in [1.29, 1.82) is 0 Å². The number of sulfonamides is 1. The molecule has 0 radical (unpaired) electrons. The van der Waals surface area contributed by atoms with Crippen molar-refractivity contribution in [2.75, 3.05) is 10.0 Å². The molecule has 3 rings (SSSR count). The first kappa shape index (κ1) is 24.2. The SMILES string of the molecule is CC[C@H](Oc1cccc(Cl)c1)C(=O)Nc1ccc(S(=O)(=O)Nc2ccc(Cl)cc2Cl)cc1. The molecule has 32 heavy (non-hydrogen) atoms. The van der Waals surface area contributed by atoms with Gasteiger partial charge in [0.05, 0.1) is 15.6 Å². The summed E-state index contributed by atoms with van der Waals surface area (Å²) in [7, 11) is -3.89. The molecular weight excluding hydrogens is 495 g/mol. The van der Waals surface area contributed by atoms with Crippen molar-refractivity contribution in [3.63, 3.8) is 0 Å². The molecule has 2 N–H and O–H groups in total. The van der Waals surface area contributed by atoms with Gasteiger partial charge in [-0.25, -0.2) is 8.42 Å². The largest absolute Gasteiger partial charge is 0.481 e. The predicted octanol–water partition coefficient (Wildman–Crippen LogP) is 6.24. The van der Waals surface area contributed by atoms with Crippen molar-refractivity contribution >= 4 is 62.1 Å². The van der Waals surface area contributed by atoms with Crippen LogP contribution in [0.4, 0.5) is 11.4 Å². The van der Waals surface area contributed by atoms with Crippen LogP contribution in [0.5, 0.6) is 5.75 Å². The molecule has 0 heterocycles. The second-order valence-corrected chi connectivity index (χ2v) is 9.68. The molecule has 0 unspecified atom stereocenters. The quantitative estimate of drug-likeness (QED) is 0.373. The van der Waals surface area contributed by atoms with Crippen LogP contribution in [0.3, 0.4) is 0 Å². The Labute approximate surface area is 201 Å². The van der Waals surface area contributed by atoms with Crippen molar-refractivity contribution in [1.82, 2.24) is 0 Å². The monoisotopic (exact) mass is 512 g/mol. The molecule has 1 amide bonds. The maximum Gasteiger partial charge on any atom is 0.265 e. The zero-order valence-electron chi connectivity index (χ0n) is 16.8. The summed E-state index contributed by atoms with van der Waals surface area (Å²) in [5.74, 6) is 0.113. The van der Waals surface area contributed by atoms with Crippen LogP contribution in [0.25, 0.3) is 0 Å². The van der Waals surface area contributed by atoms with E-state index < -0.39 is 16.1 Å². The van der Waals surface area contributed by atoms with Crippen LogP contribution in [0.1, 0.15) is 13.3 Å². The Morgan fingerprint density at radius 3 is 2.28 bits per heavy atom. The Morgan fingerprint density at radius 1 is 0.969 bits per heavy atom. The van der Waals surface area contributed by atoms with Gasteiger partial charge in [-0.15, -0.1) is 0 Å². The van der Waals surface area contributed by atoms with Gasteiger partial charge in [0, 0.05) is 15.7 Å². The van der Waals surface area contributed by atoms with Gasteiger partial charge < -0.3 is 10.1 Å². The molecular formula is C22H19Cl3N2O4S. The zero-order valence-corrected chi connectivity index (χ0v) is 19.9. The van der Waals surface area contributed by atoms with Crippen molar-refractivity contribution in [3.8, 4) is 5.75 Å². The number of benzene rings is 3. The number of carbonyl (C=O) groups excluding carboxylic acids is 1. The molecule has 6 nitrogen and oxygen atoms in total. The highest BCUT2D eigenvalue weighted by molar-refractivity contribution is 7.92.